The fourth-order valence-electron chi connectivity index (χ4n) is 0.589. The van der Waals surface area contributed by atoms with Gasteiger partial charge < -0.3 is 0 Å². The fourth-order valence-corrected chi connectivity index (χ4v) is 0.589. The van der Waals surface area contributed by atoms with E-state index in [4.69, 9.17) is 0 Å². The topological polar surface area (TPSA) is 0 Å². The van der Waals surface area contributed by atoms with Gasteiger partial charge in [0.25, 0.3) is 0 Å². The van der Waals surface area contributed by atoms with E-state index in [1.165, 1.54) is 16.7 Å². The zero-order valence-corrected chi connectivity index (χ0v) is 11.1. The Kier molecular flexibility index (Phi) is 12.1. The molecule has 1 rings (SSSR count). The molecule has 0 aliphatic carbocycles. The van der Waals surface area contributed by atoms with E-state index < -0.39 is 0 Å². The number of benzene rings is 1. The molecule has 0 nitrogen and oxygen atoms in total. The summed E-state index contributed by atoms with van der Waals surface area (Å²) in [6.07, 6.45) is 1.83. The third-order valence-electron chi connectivity index (χ3n) is 1.04. The van der Waals surface area contributed by atoms with Gasteiger partial charge in [0.1, 0.15) is 0 Å². The standard InChI is InChI=1S/C8H8.2C4H8/c1-2-8-6-4-3-5-7-8;2*1-4(2)3/h2-7H,1H2;2*1H2,2-3H3. The quantitative estimate of drug-likeness (QED) is 0.544. The van der Waals surface area contributed by atoms with Crippen molar-refractivity contribution < 1.29 is 0 Å². The SMILES string of the molecule is C=C(C)C.C=C(C)C.C=Cc1ccccc1. The smallest absolute Gasteiger partial charge is 0.0263 e. The lowest BCUT2D eigenvalue weighted by Gasteiger charge is -1.85. The van der Waals surface area contributed by atoms with Gasteiger partial charge in [0.05, 0.1) is 0 Å². The molecule has 16 heavy (non-hydrogen) atoms. The van der Waals surface area contributed by atoms with E-state index in [1.54, 1.807) is 0 Å². The van der Waals surface area contributed by atoms with E-state index in [0.717, 1.165) is 0 Å². The summed E-state index contributed by atoms with van der Waals surface area (Å²) < 4.78 is 0. The van der Waals surface area contributed by atoms with Gasteiger partial charge in [-0.25, -0.2) is 0 Å². The van der Waals surface area contributed by atoms with Crippen LogP contribution in [0.1, 0.15) is 33.3 Å². The minimum Gasteiger partial charge on any atom is -0.100 e. The van der Waals surface area contributed by atoms with Crippen molar-refractivity contribution in [3.8, 4) is 0 Å². The van der Waals surface area contributed by atoms with Crippen molar-refractivity contribution in [2.24, 2.45) is 0 Å². The predicted molar refractivity (Wildman–Crippen MR) is 77.5 cm³/mol. The van der Waals surface area contributed by atoms with E-state index in [0.29, 0.717) is 0 Å². The molecule has 88 valence electrons. The lowest BCUT2D eigenvalue weighted by atomic mass is 10.2. The fraction of sp³-hybridized carbons (Fsp3) is 0.250. The third-order valence-corrected chi connectivity index (χ3v) is 1.04. The van der Waals surface area contributed by atoms with Crippen LogP contribution in [0.5, 0.6) is 0 Å². The van der Waals surface area contributed by atoms with Crippen LogP contribution >= 0.6 is 0 Å². The summed E-state index contributed by atoms with van der Waals surface area (Å²) >= 11 is 0. The zero-order chi connectivity index (χ0) is 13.0. The Morgan fingerprint density at radius 1 is 0.875 bits per heavy atom. The van der Waals surface area contributed by atoms with Gasteiger partial charge in [0, 0.05) is 0 Å². The first-order valence-corrected chi connectivity index (χ1v) is 5.31. The highest BCUT2D eigenvalue weighted by Gasteiger charge is 1.75. The van der Waals surface area contributed by atoms with Gasteiger partial charge in [-0.3, -0.25) is 0 Å². The van der Waals surface area contributed by atoms with Gasteiger partial charge >= 0.3 is 0 Å². The average molecular weight is 216 g/mol. The van der Waals surface area contributed by atoms with Gasteiger partial charge in [-0.1, -0.05) is 54.1 Å². The Morgan fingerprint density at radius 3 is 1.38 bits per heavy atom. The first kappa shape index (κ1) is 16.9. The van der Waals surface area contributed by atoms with Gasteiger partial charge in [0.2, 0.25) is 0 Å². The lowest BCUT2D eigenvalue weighted by molar-refractivity contribution is 1.42. The van der Waals surface area contributed by atoms with Crippen molar-refractivity contribution in [2.45, 2.75) is 27.7 Å². The highest BCUT2D eigenvalue weighted by molar-refractivity contribution is 5.45. The number of hydrogen-bond donors (Lipinski definition) is 0. The maximum absolute atomic E-state index is 3.63. The maximum atomic E-state index is 3.63. The molecule has 0 spiro atoms. The van der Waals surface area contributed by atoms with E-state index in [2.05, 4.69) is 19.7 Å². The zero-order valence-electron chi connectivity index (χ0n) is 11.1. The highest BCUT2D eigenvalue weighted by Crippen LogP contribution is 1.97. The van der Waals surface area contributed by atoms with Crippen molar-refractivity contribution in [2.75, 3.05) is 0 Å². The van der Waals surface area contributed by atoms with Crippen LogP contribution in [0.25, 0.3) is 6.08 Å². The molecule has 1 aromatic carbocycles. The minimum absolute atomic E-state index is 1.17. The van der Waals surface area contributed by atoms with Gasteiger partial charge in [0.15, 0.2) is 0 Å². The number of allylic oxidation sites excluding steroid dienone is 2. The van der Waals surface area contributed by atoms with Crippen molar-refractivity contribution in [1.29, 1.82) is 0 Å². The summed E-state index contributed by atoms with van der Waals surface area (Å²) in [7, 11) is 0. The Balaban J connectivity index is 0. The molecule has 0 unspecified atom stereocenters. The largest absolute Gasteiger partial charge is 0.100 e. The highest BCUT2D eigenvalue weighted by atomic mass is 13.8. The van der Waals surface area contributed by atoms with E-state index in [9.17, 15) is 0 Å². The molecule has 0 atom stereocenters. The summed E-state index contributed by atoms with van der Waals surface area (Å²) in [5, 5.41) is 0. The van der Waals surface area contributed by atoms with Gasteiger partial charge in [-0.2, -0.15) is 0 Å². The number of hydrogen-bond acceptors (Lipinski definition) is 0. The molecule has 0 aromatic heterocycles. The molecule has 0 heteroatoms. The van der Waals surface area contributed by atoms with Crippen LogP contribution < -0.4 is 0 Å². The van der Waals surface area contributed by atoms with Gasteiger partial charge in [-0.15, -0.1) is 13.2 Å². The molecule has 0 heterocycles. The second-order valence-corrected chi connectivity index (χ2v) is 4.03. The Morgan fingerprint density at radius 2 is 1.19 bits per heavy atom. The molecule has 0 radical (unpaired) electrons. The van der Waals surface area contributed by atoms with E-state index in [-0.39, 0.29) is 0 Å². The predicted octanol–water partition coefficient (Wildman–Crippen LogP) is 5.49. The normalized spacial score (nSPS) is 7.50. The first-order valence-electron chi connectivity index (χ1n) is 5.31. The Bertz CT molecular complexity index is 284. The Labute approximate surface area is 101 Å². The van der Waals surface area contributed by atoms with E-state index >= 15 is 0 Å². The summed E-state index contributed by atoms with van der Waals surface area (Å²) in [6, 6.07) is 10.0. The summed E-state index contributed by atoms with van der Waals surface area (Å²) in [6.45, 7) is 18.6. The second-order valence-electron chi connectivity index (χ2n) is 4.03. The molecule has 0 bridgehead atoms. The second kappa shape index (κ2) is 11.5. The monoisotopic (exact) mass is 216 g/mol. The minimum atomic E-state index is 1.17. The molecule has 0 amide bonds. The van der Waals surface area contributed by atoms with Crippen LogP contribution in [0, 0.1) is 0 Å². The molecule has 0 aliphatic rings. The van der Waals surface area contributed by atoms with Crippen molar-refractivity contribution in [3.05, 3.63) is 66.8 Å². The van der Waals surface area contributed by atoms with Gasteiger partial charge in [-0.05, 0) is 33.3 Å². The summed E-state index contributed by atoms with van der Waals surface area (Å²) in [4.78, 5) is 0. The molecule has 1 aromatic rings. The molecular formula is C16H24. The summed E-state index contributed by atoms with van der Waals surface area (Å²) in [5.74, 6) is 0. The first-order chi connectivity index (χ1) is 7.40. The third kappa shape index (κ3) is 22.9. The van der Waals surface area contributed by atoms with Crippen molar-refractivity contribution in [3.63, 3.8) is 0 Å². The average Bonchev–Trinajstić information content (AvgIpc) is 2.17. The van der Waals surface area contributed by atoms with Crippen LogP contribution in [0.4, 0.5) is 0 Å². The van der Waals surface area contributed by atoms with E-state index in [1.807, 2.05) is 64.1 Å². The summed E-state index contributed by atoms with van der Waals surface area (Å²) in [5.41, 5.74) is 3.51. The molecule has 0 saturated carbocycles. The Hall–Kier alpha value is -1.56. The van der Waals surface area contributed by atoms with Crippen LogP contribution in [0.3, 0.4) is 0 Å². The molecule has 0 saturated heterocycles. The van der Waals surface area contributed by atoms with Crippen LogP contribution in [-0.4, -0.2) is 0 Å². The lowest BCUT2D eigenvalue weighted by Crippen LogP contribution is -1.63. The molecule has 0 aliphatic heterocycles. The van der Waals surface area contributed by atoms with Crippen LogP contribution in [0.2, 0.25) is 0 Å². The van der Waals surface area contributed by atoms with Crippen LogP contribution in [-0.2, 0) is 0 Å². The molecule has 0 fully saturated rings. The molecule has 0 N–H and O–H groups in total. The molecular weight excluding hydrogens is 192 g/mol. The number of rotatable bonds is 1. The maximum Gasteiger partial charge on any atom is -0.0263 e. The van der Waals surface area contributed by atoms with Crippen molar-refractivity contribution in [1.82, 2.24) is 0 Å². The van der Waals surface area contributed by atoms with Crippen LogP contribution in [0.15, 0.2) is 61.2 Å². The van der Waals surface area contributed by atoms with Crippen molar-refractivity contribution >= 4 is 6.08 Å².